The average Bonchev–Trinajstić information content (AvgIpc) is 2.70. The second-order valence-electron chi connectivity index (χ2n) is 7.52. The Balaban J connectivity index is 1.62. The zero-order valence-corrected chi connectivity index (χ0v) is 18.7. The maximum Gasteiger partial charge on any atom is 0.244 e. The van der Waals surface area contributed by atoms with Crippen molar-refractivity contribution in [1.29, 1.82) is 0 Å². The van der Waals surface area contributed by atoms with Gasteiger partial charge in [-0.3, -0.25) is 4.79 Å². The number of piperidine rings is 1. The average molecular weight is 455 g/mol. The zero-order valence-electron chi connectivity index (χ0n) is 16.4. The molecule has 0 spiro atoms. The van der Waals surface area contributed by atoms with Gasteiger partial charge in [-0.05, 0) is 54.7 Å². The number of nitrogens with zero attached hydrogens (tertiary/aromatic N) is 1. The molecule has 1 amide bonds. The first kappa shape index (κ1) is 22.1. The molecule has 0 radical (unpaired) electrons. The van der Waals surface area contributed by atoms with E-state index in [1.807, 2.05) is 24.3 Å². The topological polar surface area (TPSA) is 66.5 Å². The van der Waals surface area contributed by atoms with Crippen molar-refractivity contribution in [3.63, 3.8) is 0 Å². The first-order chi connectivity index (χ1) is 13.7. The largest absolute Gasteiger partial charge is 0.326 e. The van der Waals surface area contributed by atoms with Crippen molar-refractivity contribution in [3.05, 3.63) is 58.1 Å². The van der Waals surface area contributed by atoms with Crippen LogP contribution in [0.15, 0.2) is 47.4 Å². The summed E-state index contributed by atoms with van der Waals surface area (Å²) in [7, 11) is -3.75. The first-order valence-electron chi connectivity index (χ1n) is 9.54. The van der Waals surface area contributed by atoms with Gasteiger partial charge in [0.15, 0.2) is 0 Å². The Labute approximate surface area is 182 Å². The summed E-state index contributed by atoms with van der Waals surface area (Å²) < 4.78 is 27.2. The van der Waals surface area contributed by atoms with Gasteiger partial charge in [-0.1, -0.05) is 49.2 Å². The Morgan fingerprint density at radius 1 is 1.07 bits per heavy atom. The third-order valence-corrected chi connectivity index (χ3v) is 7.80. The van der Waals surface area contributed by atoms with Crippen LogP contribution in [-0.2, 0) is 14.8 Å². The SMILES string of the molecule is CC(C)c1ccc(NC(=O)C2CCN(S(=O)(=O)c3cc(Cl)ccc3Cl)CC2)cc1. The lowest BCUT2D eigenvalue weighted by Gasteiger charge is -2.30. The summed E-state index contributed by atoms with van der Waals surface area (Å²) in [6.07, 6.45) is 0.903. The van der Waals surface area contributed by atoms with E-state index in [2.05, 4.69) is 19.2 Å². The van der Waals surface area contributed by atoms with Crippen LogP contribution < -0.4 is 5.32 Å². The molecule has 8 heteroatoms. The zero-order chi connectivity index (χ0) is 21.2. The summed E-state index contributed by atoms with van der Waals surface area (Å²) in [5.74, 6) is 0.111. The molecule has 1 aliphatic heterocycles. The summed E-state index contributed by atoms with van der Waals surface area (Å²) in [5, 5.41) is 3.38. The van der Waals surface area contributed by atoms with Crippen molar-refractivity contribution in [2.24, 2.45) is 5.92 Å². The molecule has 3 rings (SSSR count). The Hall–Kier alpha value is -1.60. The number of sulfonamides is 1. The van der Waals surface area contributed by atoms with E-state index in [0.29, 0.717) is 23.8 Å². The Morgan fingerprint density at radius 3 is 2.28 bits per heavy atom. The normalized spacial score (nSPS) is 16.2. The van der Waals surface area contributed by atoms with E-state index in [0.717, 1.165) is 5.69 Å². The van der Waals surface area contributed by atoms with Gasteiger partial charge in [-0.15, -0.1) is 0 Å². The smallest absolute Gasteiger partial charge is 0.244 e. The number of benzene rings is 2. The van der Waals surface area contributed by atoms with E-state index in [1.54, 1.807) is 6.07 Å². The highest BCUT2D eigenvalue weighted by atomic mass is 35.5. The lowest BCUT2D eigenvalue weighted by Crippen LogP contribution is -2.41. The number of nitrogens with one attached hydrogen (secondary N) is 1. The van der Waals surface area contributed by atoms with Gasteiger partial charge in [0.05, 0.1) is 5.02 Å². The van der Waals surface area contributed by atoms with Crippen molar-refractivity contribution in [2.75, 3.05) is 18.4 Å². The van der Waals surface area contributed by atoms with E-state index in [-0.39, 0.29) is 34.8 Å². The molecule has 0 saturated carbocycles. The molecular weight excluding hydrogens is 431 g/mol. The van der Waals surface area contributed by atoms with Crippen molar-refractivity contribution >= 4 is 44.8 Å². The standard InChI is InChI=1S/C21H24Cl2N2O3S/c1-14(2)15-3-6-18(7-4-15)24-21(26)16-9-11-25(12-10-16)29(27,28)20-13-17(22)5-8-19(20)23/h3-8,13-14,16H,9-12H2,1-2H3,(H,24,26). The number of hydrogen-bond donors (Lipinski definition) is 1. The van der Waals surface area contributed by atoms with Gasteiger partial charge in [-0.2, -0.15) is 4.31 Å². The molecule has 0 aromatic heterocycles. The molecule has 1 heterocycles. The minimum absolute atomic E-state index is 0.000175. The van der Waals surface area contributed by atoms with Crippen LogP contribution in [0, 0.1) is 5.92 Å². The molecule has 2 aromatic rings. The molecule has 1 N–H and O–H groups in total. The minimum atomic E-state index is -3.75. The summed E-state index contributed by atoms with van der Waals surface area (Å²) in [4.78, 5) is 12.6. The fourth-order valence-corrected chi connectivity index (χ4v) is 5.57. The molecule has 0 bridgehead atoms. The van der Waals surface area contributed by atoms with Crippen LogP contribution in [0.1, 0.15) is 38.2 Å². The van der Waals surface area contributed by atoms with Crippen molar-refractivity contribution in [2.45, 2.75) is 37.5 Å². The van der Waals surface area contributed by atoms with Gasteiger partial charge in [0, 0.05) is 29.7 Å². The fraction of sp³-hybridized carbons (Fsp3) is 0.381. The summed E-state index contributed by atoms with van der Waals surface area (Å²) >= 11 is 12.0. The van der Waals surface area contributed by atoms with Crippen LogP contribution in [0.5, 0.6) is 0 Å². The molecule has 0 atom stereocenters. The van der Waals surface area contributed by atoms with Crippen molar-refractivity contribution in [3.8, 4) is 0 Å². The second-order valence-corrected chi connectivity index (χ2v) is 10.3. The lowest BCUT2D eigenvalue weighted by atomic mass is 9.97. The lowest BCUT2D eigenvalue weighted by molar-refractivity contribution is -0.120. The van der Waals surface area contributed by atoms with E-state index >= 15 is 0 Å². The molecule has 1 fully saturated rings. The molecule has 1 saturated heterocycles. The van der Waals surface area contributed by atoms with E-state index in [1.165, 1.54) is 22.0 Å². The summed E-state index contributed by atoms with van der Waals surface area (Å²) in [6.45, 7) is 4.75. The molecule has 29 heavy (non-hydrogen) atoms. The molecular formula is C21H24Cl2N2O3S. The van der Waals surface area contributed by atoms with Gasteiger partial charge in [0.1, 0.15) is 4.90 Å². The fourth-order valence-electron chi connectivity index (χ4n) is 3.37. The first-order valence-corrected chi connectivity index (χ1v) is 11.7. The number of anilines is 1. The Bertz CT molecular complexity index is 983. The maximum atomic E-state index is 12.9. The van der Waals surface area contributed by atoms with Gasteiger partial charge in [-0.25, -0.2) is 8.42 Å². The highest BCUT2D eigenvalue weighted by molar-refractivity contribution is 7.89. The molecule has 1 aliphatic rings. The van der Waals surface area contributed by atoms with Crippen LogP contribution in [0.3, 0.4) is 0 Å². The predicted octanol–water partition coefficient (Wildman–Crippen LogP) is 5.16. The maximum absolute atomic E-state index is 12.9. The van der Waals surface area contributed by atoms with Crippen LogP contribution >= 0.6 is 23.2 Å². The Morgan fingerprint density at radius 2 is 1.69 bits per heavy atom. The monoisotopic (exact) mass is 454 g/mol. The molecule has 2 aromatic carbocycles. The van der Waals surface area contributed by atoms with Crippen LogP contribution in [0.4, 0.5) is 5.69 Å². The Kier molecular flexibility index (Phi) is 6.89. The van der Waals surface area contributed by atoms with Crippen molar-refractivity contribution < 1.29 is 13.2 Å². The third-order valence-electron chi connectivity index (χ3n) is 5.18. The predicted molar refractivity (Wildman–Crippen MR) is 117 cm³/mol. The number of rotatable bonds is 5. The number of hydrogen-bond acceptors (Lipinski definition) is 3. The van der Waals surface area contributed by atoms with E-state index < -0.39 is 10.0 Å². The highest BCUT2D eigenvalue weighted by Crippen LogP contribution is 2.30. The van der Waals surface area contributed by atoms with Crippen LogP contribution in [-0.4, -0.2) is 31.7 Å². The quantitative estimate of drug-likeness (QED) is 0.678. The second kappa shape index (κ2) is 9.04. The number of carbonyl (C=O) groups excluding carboxylic acids is 1. The number of halogens is 2. The van der Waals surface area contributed by atoms with Gasteiger partial charge in [0.2, 0.25) is 15.9 Å². The molecule has 0 unspecified atom stereocenters. The van der Waals surface area contributed by atoms with Gasteiger partial charge in [0.25, 0.3) is 0 Å². The number of amides is 1. The van der Waals surface area contributed by atoms with Crippen LogP contribution in [0.2, 0.25) is 10.0 Å². The van der Waals surface area contributed by atoms with E-state index in [9.17, 15) is 13.2 Å². The number of carbonyl (C=O) groups is 1. The third kappa shape index (κ3) is 5.12. The van der Waals surface area contributed by atoms with Crippen LogP contribution in [0.25, 0.3) is 0 Å². The summed E-state index contributed by atoms with van der Waals surface area (Å²) in [5.41, 5.74) is 1.96. The highest BCUT2D eigenvalue weighted by Gasteiger charge is 2.33. The van der Waals surface area contributed by atoms with Gasteiger partial charge < -0.3 is 5.32 Å². The molecule has 5 nitrogen and oxygen atoms in total. The van der Waals surface area contributed by atoms with Crippen molar-refractivity contribution in [1.82, 2.24) is 4.31 Å². The minimum Gasteiger partial charge on any atom is -0.326 e. The molecule has 0 aliphatic carbocycles. The molecule has 156 valence electrons. The van der Waals surface area contributed by atoms with Gasteiger partial charge >= 0.3 is 0 Å². The summed E-state index contributed by atoms with van der Waals surface area (Å²) in [6, 6.07) is 12.2. The van der Waals surface area contributed by atoms with E-state index in [4.69, 9.17) is 23.2 Å².